The molecule has 0 radical (unpaired) electrons. The van der Waals surface area contributed by atoms with Gasteiger partial charge in [0, 0.05) is 11.5 Å². The topological polar surface area (TPSA) is 149 Å². The molecule has 0 bridgehead atoms. The number of alkyl carbamates (subject to hydrolysis) is 1. The minimum absolute atomic E-state index is 0.0487. The fourth-order valence-electron chi connectivity index (χ4n) is 4.65. The van der Waals surface area contributed by atoms with Gasteiger partial charge < -0.3 is 19.5 Å². The van der Waals surface area contributed by atoms with Crippen LogP contribution in [0.2, 0.25) is 0 Å². The number of hydrogen-bond acceptors (Lipinski definition) is 9. The molecule has 1 saturated carbocycles. The van der Waals surface area contributed by atoms with Crippen LogP contribution in [-0.4, -0.2) is 58.2 Å². The third-order valence-electron chi connectivity index (χ3n) is 6.95. The van der Waals surface area contributed by atoms with Gasteiger partial charge >= 0.3 is 12.1 Å². The van der Waals surface area contributed by atoms with E-state index in [1.54, 1.807) is 40.0 Å². The van der Waals surface area contributed by atoms with E-state index in [4.69, 9.17) is 14.2 Å². The zero-order valence-electron chi connectivity index (χ0n) is 24.1. The Balaban J connectivity index is 1.63. The molecule has 0 atom stereocenters. The predicted octanol–water partition coefficient (Wildman–Crippen LogP) is 3.73. The fourth-order valence-corrected chi connectivity index (χ4v) is 5.61. The number of hydrazine groups is 1. The molecule has 1 aliphatic rings. The Labute approximate surface area is 241 Å². The average molecular weight is 590 g/mol. The Morgan fingerprint density at radius 3 is 2.00 bits per heavy atom. The minimum Gasteiger partial charge on any atom is -0.497 e. The molecule has 1 amide bonds. The third-order valence-corrected chi connectivity index (χ3v) is 8.22. The molecule has 41 heavy (non-hydrogen) atoms. The summed E-state index contributed by atoms with van der Waals surface area (Å²) >= 11 is 0. The van der Waals surface area contributed by atoms with Crippen LogP contribution < -0.4 is 20.3 Å². The maximum Gasteiger partial charge on any atom is 0.408 e. The van der Waals surface area contributed by atoms with Crippen molar-refractivity contribution in [3.63, 3.8) is 0 Å². The number of benzene rings is 2. The van der Waals surface area contributed by atoms with Crippen LogP contribution in [0.15, 0.2) is 53.4 Å². The number of hydrogen-bond donors (Lipinski definition) is 3. The van der Waals surface area contributed by atoms with Gasteiger partial charge in [-0.25, -0.2) is 18.6 Å². The van der Waals surface area contributed by atoms with Crippen molar-refractivity contribution in [3.05, 3.63) is 48.5 Å². The van der Waals surface area contributed by atoms with Crippen LogP contribution in [0.25, 0.3) is 11.1 Å². The SMILES string of the molecule is COC(=O)CC1(NNS(=O)(=O)c2ccc(-c3ccc(OC)cc3)cc2)CCC(C(=O)CNC(=O)OC(C)(C)C)CC1. The first kappa shape index (κ1) is 32.0. The lowest BCUT2D eigenvalue weighted by atomic mass is 9.74. The average Bonchev–Trinajstić information content (AvgIpc) is 2.94. The maximum atomic E-state index is 13.1. The van der Waals surface area contributed by atoms with E-state index < -0.39 is 33.2 Å². The Bertz CT molecular complexity index is 1310. The van der Waals surface area contributed by atoms with Crippen molar-refractivity contribution >= 4 is 27.9 Å². The predicted molar refractivity (Wildman–Crippen MR) is 152 cm³/mol. The van der Waals surface area contributed by atoms with E-state index in [-0.39, 0.29) is 29.6 Å². The van der Waals surface area contributed by atoms with Crippen molar-refractivity contribution < 1.29 is 37.0 Å². The van der Waals surface area contributed by atoms with E-state index in [0.717, 1.165) is 16.9 Å². The van der Waals surface area contributed by atoms with Crippen molar-refractivity contribution in [2.75, 3.05) is 20.8 Å². The molecule has 11 nitrogen and oxygen atoms in total. The van der Waals surface area contributed by atoms with Crippen molar-refractivity contribution in [1.29, 1.82) is 0 Å². The number of sulfonamides is 1. The molecule has 1 fully saturated rings. The Kier molecular flexibility index (Phi) is 10.5. The van der Waals surface area contributed by atoms with Gasteiger partial charge in [0.2, 0.25) is 0 Å². The maximum absolute atomic E-state index is 13.1. The number of Topliss-reactive ketones (excluding diaryl/α,β-unsaturated/α-hetero) is 1. The van der Waals surface area contributed by atoms with Crippen molar-refractivity contribution in [2.24, 2.45) is 5.92 Å². The lowest BCUT2D eigenvalue weighted by molar-refractivity contribution is -0.143. The number of amides is 1. The van der Waals surface area contributed by atoms with E-state index in [9.17, 15) is 22.8 Å². The Hall–Kier alpha value is -3.48. The van der Waals surface area contributed by atoms with E-state index in [1.807, 2.05) is 24.3 Å². The number of carbonyl (C=O) groups excluding carboxylic acids is 3. The lowest BCUT2D eigenvalue weighted by Crippen LogP contribution is -2.57. The lowest BCUT2D eigenvalue weighted by Gasteiger charge is -2.39. The van der Waals surface area contributed by atoms with Gasteiger partial charge in [-0.05, 0) is 81.8 Å². The van der Waals surface area contributed by atoms with Crippen LogP contribution in [0, 0.1) is 5.92 Å². The molecule has 0 saturated heterocycles. The first-order chi connectivity index (χ1) is 19.3. The molecule has 0 spiro atoms. The molecule has 0 aromatic heterocycles. The summed E-state index contributed by atoms with van der Waals surface area (Å²) in [6.45, 7) is 5.02. The summed E-state index contributed by atoms with van der Waals surface area (Å²) in [7, 11) is -1.12. The summed E-state index contributed by atoms with van der Waals surface area (Å²) in [5, 5.41) is 2.48. The first-order valence-electron chi connectivity index (χ1n) is 13.4. The van der Waals surface area contributed by atoms with Gasteiger partial charge in [-0.15, -0.1) is 4.83 Å². The number of ether oxygens (including phenoxy) is 3. The smallest absolute Gasteiger partial charge is 0.408 e. The first-order valence-corrected chi connectivity index (χ1v) is 14.8. The standard InChI is InChI=1S/C29H39N3O8S/c1-28(2,3)40-27(35)30-19-25(33)22-14-16-29(17-15-22,18-26(34)39-5)31-32-41(36,37)24-12-8-21(9-13-24)20-6-10-23(38-4)11-7-20/h6-13,22,31-32H,14-19H2,1-5H3,(H,30,35). The molecule has 0 heterocycles. The van der Waals surface area contributed by atoms with Crippen LogP contribution in [0.3, 0.4) is 0 Å². The summed E-state index contributed by atoms with van der Waals surface area (Å²) in [6.07, 6.45) is 0.719. The molecule has 0 aliphatic heterocycles. The number of carbonyl (C=O) groups is 3. The molecular weight excluding hydrogens is 550 g/mol. The van der Waals surface area contributed by atoms with Gasteiger partial charge in [0.1, 0.15) is 11.4 Å². The highest BCUT2D eigenvalue weighted by Crippen LogP contribution is 2.35. The molecule has 224 valence electrons. The summed E-state index contributed by atoms with van der Waals surface area (Å²) < 4.78 is 41.4. The molecule has 1 aliphatic carbocycles. The summed E-state index contributed by atoms with van der Waals surface area (Å²) in [5.74, 6) is -0.281. The number of ketones is 1. The van der Waals surface area contributed by atoms with E-state index in [0.29, 0.717) is 25.7 Å². The molecule has 2 aromatic carbocycles. The molecule has 2 aromatic rings. The van der Waals surface area contributed by atoms with Crippen LogP contribution in [0.5, 0.6) is 5.75 Å². The molecular formula is C29H39N3O8S. The van der Waals surface area contributed by atoms with Crippen LogP contribution >= 0.6 is 0 Å². The summed E-state index contributed by atoms with van der Waals surface area (Å²) in [4.78, 5) is 39.3. The molecule has 3 rings (SSSR count). The number of esters is 1. The monoisotopic (exact) mass is 589 g/mol. The van der Waals surface area contributed by atoms with Gasteiger partial charge in [-0.2, -0.15) is 0 Å². The number of rotatable bonds is 11. The van der Waals surface area contributed by atoms with Crippen LogP contribution in [-0.2, 0) is 29.1 Å². The molecule has 0 unspecified atom stereocenters. The van der Waals surface area contributed by atoms with E-state index in [1.165, 1.54) is 19.2 Å². The molecule has 12 heteroatoms. The zero-order chi connectivity index (χ0) is 30.3. The fraction of sp³-hybridized carbons (Fsp3) is 0.483. The van der Waals surface area contributed by atoms with Crippen LogP contribution in [0.4, 0.5) is 4.79 Å². The normalized spacial score (nSPS) is 19.2. The highest BCUT2D eigenvalue weighted by molar-refractivity contribution is 7.89. The van der Waals surface area contributed by atoms with E-state index >= 15 is 0 Å². The van der Waals surface area contributed by atoms with Gasteiger partial charge in [-0.3, -0.25) is 9.59 Å². The quantitative estimate of drug-likeness (QED) is 0.263. The van der Waals surface area contributed by atoms with Crippen molar-refractivity contribution in [2.45, 2.75) is 68.9 Å². The second-order valence-electron chi connectivity index (χ2n) is 11.1. The Morgan fingerprint density at radius 2 is 1.49 bits per heavy atom. The largest absolute Gasteiger partial charge is 0.497 e. The summed E-state index contributed by atoms with van der Waals surface area (Å²) in [6, 6.07) is 13.8. The van der Waals surface area contributed by atoms with Gasteiger partial charge in [0.05, 0.1) is 32.1 Å². The zero-order valence-corrected chi connectivity index (χ0v) is 24.9. The Morgan fingerprint density at radius 1 is 0.927 bits per heavy atom. The van der Waals surface area contributed by atoms with Gasteiger partial charge in [0.15, 0.2) is 5.78 Å². The van der Waals surface area contributed by atoms with Crippen molar-refractivity contribution in [1.82, 2.24) is 15.6 Å². The second kappa shape index (κ2) is 13.5. The number of methoxy groups -OCH3 is 2. The van der Waals surface area contributed by atoms with Gasteiger partial charge in [0.25, 0.3) is 10.0 Å². The molecule has 3 N–H and O–H groups in total. The van der Waals surface area contributed by atoms with Gasteiger partial charge in [-0.1, -0.05) is 24.3 Å². The van der Waals surface area contributed by atoms with E-state index in [2.05, 4.69) is 15.6 Å². The third kappa shape index (κ3) is 9.27. The second-order valence-corrected chi connectivity index (χ2v) is 12.8. The highest BCUT2D eigenvalue weighted by Gasteiger charge is 2.40. The van der Waals surface area contributed by atoms with Crippen LogP contribution in [0.1, 0.15) is 52.9 Å². The summed E-state index contributed by atoms with van der Waals surface area (Å²) in [5.41, 5.74) is 3.00. The van der Waals surface area contributed by atoms with Crippen molar-refractivity contribution in [3.8, 4) is 16.9 Å². The highest BCUT2D eigenvalue weighted by atomic mass is 32.2. The minimum atomic E-state index is -3.97. The number of nitrogens with one attached hydrogen (secondary N) is 3.